The smallest absolute Gasteiger partial charge is 0.316 e. The highest BCUT2D eigenvalue weighted by atomic mass is 16.5. The molecule has 0 amide bonds. The molecule has 24 heavy (non-hydrogen) atoms. The summed E-state index contributed by atoms with van der Waals surface area (Å²) in [4.78, 5) is 15.2. The van der Waals surface area contributed by atoms with Gasteiger partial charge >= 0.3 is 5.97 Å². The molecule has 1 saturated heterocycles. The Kier molecular flexibility index (Phi) is 5.57. The molecule has 2 fully saturated rings. The molecule has 0 bridgehead atoms. The molecule has 2 atom stereocenters. The highest BCUT2D eigenvalue weighted by Crippen LogP contribution is 2.41. The van der Waals surface area contributed by atoms with Gasteiger partial charge < -0.3 is 14.7 Å². The largest absolute Gasteiger partial charge is 0.460 e. The Balaban J connectivity index is 1.80. The van der Waals surface area contributed by atoms with Gasteiger partial charge in [0, 0.05) is 6.54 Å². The molecule has 0 radical (unpaired) electrons. The van der Waals surface area contributed by atoms with E-state index in [0.717, 1.165) is 50.8 Å². The Labute approximate surface area is 144 Å². The number of esters is 1. The fourth-order valence-corrected chi connectivity index (χ4v) is 4.21. The Morgan fingerprint density at radius 2 is 1.92 bits per heavy atom. The predicted molar refractivity (Wildman–Crippen MR) is 93.8 cm³/mol. The van der Waals surface area contributed by atoms with Crippen LogP contribution in [-0.2, 0) is 9.53 Å². The number of hydrogen-bond donors (Lipinski definition) is 1. The van der Waals surface area contributed by atoms with Crippen LogP contribution in [0, 0.1) is 0 Å². The van der Waals surface area contributed by atoms with Gasteiger partial charge in [-0.1, -0.05) is 49.6 Å². The number of hydrogen-bond acceptors (Lipinski definition) is 4. The van der Waals surface area contributed by atoms with Gasteiger partial charge in [0.15, 0.2) is 0 Å². The molecule has 1 heterocycles. The van der Waals surface area contributed by atoms with Gasteiger partial charge in [0.2, 0.25) is 0 Å². The number of rotatable bonds is 4. The number of nitrogens with zero attached hydrogens (tertiary/aromatic N) is 1. The Bertz CT molecular complexity index is 539. The lowest BCUT2D eigenvalue weighted by atomic mass is 9.73. The van der Waals surface area contributed by atoms with Crippen molar-refractivity contribution in [3.8, 4) is 0 Å². The minimum absolute atomic E-state index is 0.0605. The summed E-state index contributed by atoms with van der Waals surface area (Å²) in [5.74, 6) is -0.836. The van der Waals surface area contributed by atoms with Gasteiger partial charge in [-0.2, -0.15) is 0 Å². The molecule has 0 aromatic heterocycles. The molecular weight excluding hydrogens is 302 g/mol. The SMILES string of the molecule is CN1CCC[C@@H](OC(=O)[C@@H](c2ccccc2)C2(O)CCCCC2)C1. The second-order valence-corrected chi connectivity index (χ2v) is 7.47. The number of piperidine rings is 1. The average molecular weight is 331 g/mol. The summed E-state index contributed by atoms with van der Waals surface area (Å²) in [6.45, 7) is 1.84. The number of likely N-dealkylation sites (tertiary alicyclic amines) is 1. The fraction of sp³-hybridized carbons (Fsp3) is 0.650. The summed E-state index contributed by atoms with van der Waals surface area (Å²) in [6.07, 6.45) is 6.32. The maximum Gasteiger partial charge on any atom is 0.316 e. The van der Waals surface area contributed by atoms with Gasteiger partial charge in [-0.05, 0) is 44.8 Å². The summed E-state index contributed by atoms with van der Waals surface area (Å²) in [7, 11) is 2.06. The first-order chi connectivity index (χ1) is 11.6. The van der Waals surface area contributed by atoms with Gasteiger partial charge in [0.25, 0.3) is 0 Å². The lowest BCUT2D eigenvalue weighted by Gasteiger charge is -2.39. The van der Waals surface area contributed by atoms with Crippen molar-refractivity contribution in [2.45, 2.75) is 62.6 Å². The van der Waals surface area contributed by atoms with Crippen LogP contribution in [0.15, 0.2) is 30.3 Å². The predicted octanol–water partition coefficient (Wildman–Crippen LogP) is 3.10. The molecule has 4 nitrogen and oxygen atoms in total. The Morgan fingerprint density at radius 1 is 1.21 bits per heavy atom. The summed E-state index contributed by atoms with van der Waals surface area (Å²) in [6, 6.07) is 9.66. The minimum atomic E-state index is -0.975. The average Bonchev–Trinajstić information content (AvgIpc) is 2.56. The lowest BCUT2D eigenvalue weighted by molar-refractivity contribution is -0.162. The van der Waals surface area contributed by atoms with Crippen LogP contribution in [0.2, 0.25) is 0 Å². The molecule has 3 rings (SSSR count). The highest BCUT2D eigenvalue weighted by Gasteiger charge is 2.44. The van der Waals surface area contributed by atoms with E-state index in [4.69, 9.17) is 4.74 Å². The van der Waals surface area contributed by atoms with Crippen molar-refractivity contribution in [1.29, 1.82) is 0 Å². The zero-order valence-electron chi connectivity index (χ0n) is 14.6. The molecule has 1 aromatic rings. The van der Waals surface area contributed by atoms with E-state index in [2.05, 4.69) is 11.9 Å². The summed E-state index contributed by atoms with van der Waals surface area (Å²) in [5, 5.41) is 11.2. The molecule has 1 aliphatic heterocycles. The third-order valence-corrected chi connectivity index (χ3v) is 5.49. The van der Waals surface area contributed by atoms with E-state index >= 15 is 0 Å². The molecule has 1 N–H and O–H groups in total. The Morgan fingerprint density at radius 3 is 2.58 bits per heavy atom. The number of aliphatic hydroxyl groups is 1. The van der Waals surface area contributed by atoms with Crippen LogP contribution in [0.25, 0.3) is 0 Å². The first-order valence-corrected chi connectivity index (χ1v) is 9.25. The van der Waals surface area contributed by atoms with E-state index in [9.17, 15) is 9.90 Å². The van der Waals surface area contributed by atoms with Gasteiger partial charge in [0.1, 0.15) is 12.0 Å². The summed E-state index contributed by atoms with van der Waals surface area (Å²) >= 11 is 0. The van der Waals surface area contributed by atoms with Crippen LogP contribution < -0.4 is 0 Å². The normalized spacial score (nSPS) is 25.8. The number of ether oxygens (including phenoxy) is 1. The summed E-state index contributed by atoms with van der Waals surface area (Å²) in [5.41, 5.74) is -0.104. The van der Waals surface area contributed by atoms with Crippen molar-refractivity contribution >= 4 is 5.97 Å². The second-order valence-electron chi connectivity index (χ2n) is 7.47. The first kappa shape index (κ1) is 17.4. The van der Waals surface area contributed by atoms with Gasteiger partial charge in [-0.25, -0.2) is 0 Å². The first-order valence-electron chi connectivity index (χ1n) is 9.25. The molecule has 0 spiro atoms. The lowest BCUT2D eigenvalue weighted by Crippen LogP contribution is -2.45. The van der Waals surface area contributed by atoms with Crippen molar-refractivity contribution in [3.63, 3.8) is 0 Å². The van der Waals surface area contributed by atoms with E-state index in [1.807, 2.05) is 30.3 Å². The monoisotopic (exact) mass is 331 g/mol. The van der Waals surface area contributed by atoms with Crippen LogP contribution in [0.5, 0.6) is 0 Å². The quantitative estimate of drug-likeness (QED) is 0.861. The second kappa shape index (κ2) is 7.66. The maximum atomic E-state index is 13.0. The zero-order valence-corrected chi connectivity index (χ0v) is 14.6. The van der Waals surface area contributed by atoms with E-state index in [-0.39, 0.29) is 12.1 Å². The molecule has 1 saturated carbocycles. The number of benzene rings is 1. The van der Waals surface area contributed by atoms with Crippen molar-refractivity contribution in [3.05, 3.63) is 35.9 Å². The van der Waals surface area contributed by atoms with Crippen molar-refractivity contribution in [2.75, 3.05) is 20.1 Å². The maximum absolute atomic E-state index is 13.0. The number of carbonyl (C=O) groups excluding carboxylic acids is 1. The fourth-order valence-electron chi connectivity index (χ4n) is 4.21. The van der Waals surface area contributed by atoms with Gasteiger partial charge in [-0.3, -0.25) is 4.79 Å². The van der Waals surface area contributed by atoms with Crippen molar-refractivity contribution < 1.29 is 14.6 Å². The minimum Gasteiger partial charge on any atom is -0.460 e. The van der Waals surface area contributed by atoms with Crippen LogP contribution in [0.1, 0.15) is 56.4 Å². The number of carbonyl (C=O) groups is 1. The summed E-state index contributed by atoms with van der Waals surface area (Å²) < 4.78 is 5.86. The van der Waals surface area contributed by atoms with Crippen LogP contribution in [-0.4, -0.2) is 47.8 Å². The van der Waals surface area contributed by atoms with E-state index in [1.165, 1.54) is 0 Å². The van der Waals surface area contributed by atoms with Crippen LogP contribution >= 0.6 is 0 Å². The molecule has 132 valence electrons. The van der Waals surface area contributed by atoms with Crippen molar-refractivity contribution in [1.82, 2.24) is 4.90 Å². The molecule has 1 aromatic carbocycles. The molecule has 0 unspecified atom stereocenters. The van der Waals surface area contributed by atoms with E-state index in [0.29, 0.717) is 12.8 Å². The molecule has 4 heteroatoms. The highest BCUT2D eigenvalue weighted by molar-refractivity contribution is 5.80. The Hall–Kier alpha value is -1.39. The molecule has 2 aliphatic rings. The van der Waals surface area contributed by atoms with Gasteiger partial charge in [-0.15, -0.1) is 0 Å². The van der Waals surface area contributed by atoms with Crippen LogP contribution in [0.4, 0.5) is 0 Å². The number of likely N-dealkylation sites (N-methyl/N-ethyl adjacent to an activating group) is 1. The molecule has 1 aliphatic carbocycles. The standard InChI is InChI=1S/C20H29NO3/c1-21-14-8-11-17(15-21)24-19(22)18(16-9-4-2-5-10-16)20(23)12-6-3-7-13-20/h2,4-5,9-10,17-18,23H,3,6-8,11-15H2,1H3/t17-,18-/m1/s1. The third kappa shape index (κ3) is 3.98. The molecular formula is C20H29NO3. The van der Waals surface area contributed by atoms with E-state index in [1.54, 1.807) is 0 Å². The van der Waals surface area contributed by atoms with Crippen LogP contribution in [0.3, 0.4) is 0 Å². The van der Waals surface area contributed by atoms with E-state index < -0.39 is 11.5 Å². The topological polar surface area (TPSA) is 49.8 Å². The third-order valence-electron chi connectivity index (χ3n) is 5.49. The van der Waals surface area contributed by atoms with Gasteiger partial charge in [0.05, 0.1) is 5.60 Å². The van der Waals surface area contributed by atoms with Crippen molar-refractivity contribution in [2.24, 2.45) is 0 Å². The zero-order chi connectivity index (χ0) is 17.0.